The number of hydrogen-bond acceptors (Lipinski definition) is 5. The zero-order chi connectivity index (χ0) is 20.4. The van der Waals surface area contributed by atoms with Gasteiger partial charge in [-0.05, 0) is 23.3 Å². The minimum atomic E-state index is -0.138. The van der Waals surface area contributed by atoms with E-state index in [4.69, 9.17) is 4.74 Å². The van der Waals surface area contributed by atoms with Gasteiger partial charge in [-0.3, -0.25) is 9.36 Å². The monoisotopic (exact) mass is 384 g/mol. The van der Waals surface area contributed by atoms with E-state index in [0.717, 1.165) is 22.2 Å². The second kappa shape index (κ2) is 7.59. The molecule has 0 radical (unpaired) electrons. The summed E-state index contributed by atoms with van der Waals surface area (Å²) in [7, 11) is 3.32. The fraction of sp³-hybridized carbons (Fsp3) is 0.0870. The average Bonchev–Trinajstić information content (AvgIpc) is 2.77. The van der Waals surface area contributed by atoms with Gasteiger partial charge in [-0.2, -0.15) is 4.98 Å². The van der Waals surface area contributed by atoms with Crippen molar-refractivity contribution in [1.82, 2.24) is 14.5 Å². The molecule has 0 atom stereocenters. The molecular weight excluding hydrogens is 364 g/mol. The standard InChI is InChI=1S/C23H20N4O2/c1-4-16-17-14-24-23(25-18-12-8-9-13-19(18)29-3)26-21(17)27(2)22(28)20(16)15-10-6-5-7-11-15/h4-14H,1H2,2-3H3,(H,24,25,26). The highest BCUT2D eigenvalue weighted by atomic mass is 16.5. The highest BCUT2D eigenvalue weighted by Gasteiger charge is 2.17. The summed E-state index contributed by atoms with van der Waals surface area (Å²) in [6.07, 6.45) is 3.39. The maximum atomic E-state index is 13.1. The Morgan fingerprint density at radius 2 is 1.83 bits per heavy atom. The van der Waals surface area contributed by atoms with E-state index in [9.17, 15) is 4.79 Å². The van der Waals surface area contributed by atoms with Gasteiger partial charge < -0.3 is 10.1 Å². The van der Waals surface area contributed by atoms with Crippen molar-refractivity contribution in [3.05, 3.63) is 83.3 Å². The maximum Gasteiger partial charge on any atom is 0.260 e. The Bertz CT molecular complexity index is 1260. The molecule has 0 aliphatic rings. The molecule has 1 N–H and O–H groups in total. The molecule has 4 rings (SSSR count). The van der Waals surface area contributed by atoms with Crippen molar-refractivity contribution in [2.45, 2.75) is 0 Å². The number of nitrogens with one attached hydrogen (secondary N) is 1. The van der Waals surface area contributed by atoms with E-state index in [1.54, 1.807) is 31.0 Å². The highest BCUT2D eigenvalue weighted by molar-refractivity contribution is 5.93. The summed E-state index contributed by atoms with van der Waals surface area (Å²) < 4.78 is 6.90. The van der Waals surface area contributed by atoms with Crippen molar-refractivity contribution in [2.24, 2.45) is 7.05 Å². The molecule has 0 aliphatic heterocycles. The molecule has 0 aliphatic carbocycles. The van der Waals surface area contributed by atoms with Gasteiger partial charge in [-0.15, -0.1) is 0 Å². The lowest BCUT2D eigenvalue weighted by atomic mass is 9.99. The third kappa shape index (κ3) is 3.25. The molecule has 0 spiro atoms. The van der Waals surface area contributed by atoms with Gasteiger partial charge in [0, 0.05) is 18.6 Å². The van der Waals surface area contributed by atoms with Crippen LogP contribution in [-0.2, 0) is 7.05 Å². The van der Waals surface area contributed by atoms with E-state index >= 15 is 0 Å². The Balaban J connectivity index is 1.90. The minimum absolute atomic E-state index is 0.138. The summed E-state index contributed by atoms with van der Waals surface area (Å²) in [5, 5.41) is 3.91. The fourth-order valence-corrected chi connectivity index (χ4v) is 3.36. The Kier molecular flexibility index (Phi) is 4.83. The normalized spacial score (nSPS) is 10.7. The number of anilines is 2. The lowest BCUT2D eigenvalue weighted by Gasteiger charge is -2.14. The first-order valence-electron chi connectivity index (χ1n) is 9.11. The quantitative estimate of drug-likeness (QED) is 0.553. The van der Waals surface area contributed by atoms with Crippen LogP contribution < -0.4 is 15.6 Å². The second-order valence-corrected chi connectivity index (χ2v) is 6.48. The van der Waals surface area contributed by atoms with Crippen molar-refractivity contribution in [3.8, 4) is 16.9 Å². The Hall–Kier alpha value is -3.93. The van der Waals surface area contributed by atoms with Crippen LogP contribution in [0.5, 0.6) is 5.75 Å². The molecule has 0 fully saturated rings. The number of pyridine rings is 1. The number of aromatic nitrogens is 3. The largest absolute Gasteiger partial charge is 0.495 e. The van der Waals surface area contributed by atoms with Gasteiger partial charge in [0.15, 0.2) is 0 Å². The second-order valence-electron chi connectivity index (χ2n) is 6.48. The number of hydrogen-bond donors (Lipinski definition) is 1. The maximum absolute atomic E-state index is 13.1. The van der Waals surface area contributed by atoms with Crippen LogP contribution >= 0.6 is 0 Å². The van der Waals surface area contributed by atoms with Crippen LogP contribution in [-0.4, -0.2) is 21.6 Å². The lowest BCUT2D eigenvalue weighted by Crippen LogP contribution is -2.21. The van der Waals surface area contributed by atoms with E-state index in [1.165, 1.54) is 0 Å². The average molecular weight is 384 g/mol. The topological polar surface area (TPSA) is 69.0 Å². The molecule has 0 bridgehead atoms. The predicted molar refractivity (Wildman–Crippen MR) is 117 cm³/mol. The van der Waals surface area contributed by atoms with Crippen LogP contribution in [0.3, 0.4) is 0 Å². The number of para-hydroxylation sites is 2. The third-order valence-electron chi connectivity index (χ3n) is 4.78. The summed E-state index contributed by atoms with van der Waals surface area (Å²) in [5.41, 5.74) is 3.27. The molecule has 2 aromatic heterocycles. The number of aryl methyl sites for hydroxylation is 1. The van der Waals surface area contributed by atoms with Crippen LogP contribution in [0.2, 0.25) is 0 Å². The van der Waals surface area contributed by atoms with E-state index < -0.39 is 0 Å². The van der Waals surface area contributed by atoms with Crippen LogP contribution in [0.25, 0.3) is 28.2 Å². The Morgan fingerprint density at radius 3 is 2.55 bits per heavy atom. The summed E-state index contributed by atoms with van der Waals surface area (Å²) >= 11 is 0. The molecule has 0 amide bonds. The van der Waals surface area contributed by atoms with Gasteiger partial charge in [-0.1, -0.05) is 55.1 Å². The zero-order valence-corrected chi connectivity index (χ0v) is 16.2. The fourth-order valence-electron chi connectivity index (χ4n) is 3.36. The predicted octanol–water partition coefficient (Wildman–Crippen LogP) is 4.39. The summed E-state index contributed by atoms with van der Waals surface area (Å²) in [6.45, 7) is 3.91. The first kappa shape index (κ1) is 18.4. The molecule has 2 aromatic carbocycles. The SMILES string of the molecule is C=Cc1c(-c2ccccc2)c(=O)n(C)c2nc(Nc3ccccc3OC)ncc12. The van der Waals surface area contributed by atoms with Gasteiger partial charge in [-0.25, -0.2) is 4.98 Å². The summed E-state index contributed by atoms with van der Waals surface area (Å²) in [4.78, 5) is 22.2. The first-order valence-corrected chi connectivity index (χ1v) is 9.11. The molecular formula is C23H20N4O2. The van der Waals surface area contributed by atoms with Crippen LogP contribution in [0, 0.1) is 0 Å². The summed E-state index contributed by atoms with van der Waals surface area (Å²) in [5.74, 6) is 1.05. The number of ether oxygens (including phenoxy) is 1. The molecule has 4 aromatic rings. The Labute approximate surface area is 168 Å². The minimum Gasteiger partial charge on any atom is -0.495 e. The molecule has 6 nitrogen and oxygen atoms in total. The van der Waals surface area contributed by atoms with Crippen molar-refractivity contribution in [1.29, 1.82) is 0 Å². The molecule has 6 heteroatoms. The van der Waals surface area contributed by atoms with Gasteiger partial charge in [0.25, 0.3) is 5.56 Å². The number of nitrogens with zero attached hydrogens (tertiary/aromatic N) is 3. The van der Waals surface area contributed by atoms with Crippen molar-refractivity contribution < 1.29 is 4.74 Å². The number of benzene rings is 2. The van der Waals surface area contributed by atoms with E-state index in [0.29, 0.717) is 22.9 Å². The highest BCUT2D eigenvalue weighted by Crippen LogP contribution is 2.29. The van der Waals surface area contributed by atoms with Crippen molar-refractivity contribution >= 4 is 28.7 Å². The number of rotatable bonds is 5. The van der Waals surface area contributed by atoms with E-state index in [1.807, 2.05) is 54.6 Å². The van der Waals surface area contributed by atoms with Gasteiger partial charge in [0.05, 0.1) is 18.4 Å². The number of fused-ring (bicyclic) bond motifs is 1. The van der Waals surface area contributed by atoms with Crippen molar-refractivity contribution in [3.63, 3.8) is 0 Å². The Morgan fingerprint density at radius 1 is 1.10 bits per heavy atom. The van der Waals surface area contributed by atoms with Crippen LogP contribution in [0.4, 0.5) is 11.6 Å². The van der Waals surface area contributed by atoms with Crippen LogP contribution in [0.1, 0.15) is 5.56 Å². The number of methoxy groups -OCH3 is 1. The first-order chi connectivity index (χ1) is 14.1. The molecule has 0 unspecified atom stereocenters. The molecule has 0 saturated carbocycles. The van der Waals surface area contributed by atoms with Crippen LogP contribution in [0.15, 0.2) is 72.2 Å². The van der Waals surface area contributed by atoms with E-state index in [-0.39, 0.29) is 5.56 Å². The molecule has 0 saturated heterocycles. The third-order valence-corrected chi connectivity index (χ3v) is 4.78. The summed E-state index contributed by atoms with van der Waals surface area (Å²) in [6, 6.07) is 17.1. The lowest BCUT2D eigenvalue weighted by molar-refractivity contribution is 0.417. The molecule has 2 heterocycles. The van der Waals surface area contributed by atoms with Crippen molar-refractivity contribution in [2.75, 3.05) is 12.4 Å². The molecule has 29 heavy (non-hydrogen) atoms. The van der Waals surface area contributed by atoms with Gasteiger partial charge in [0.1, 0.15) is 11.4 Å². The van der Waals surface area contributed by atoms with Gasteiger partial charge in [0.2, 0.25) is 5.95 Å². The zero-order valence-electron chi connectivity index (χ0n) is 16.2. The van der Waals surface area contributed by atoms with Gasteiger partial charge >= 0.3 is 0 Å². The molecule has 144 valence electrons. The smallest absolute Gasteiger partial charge is 0.260 e. The van der Waals surface area contributed by atoms with E-state index in [2.05, 4.69) is 21.9 Å².